The number of hydrogen-bond acceptors (Lipinski definition) is 4. The van der Waals surface area contributed by atoms with Gasteiger partial charge in [0.15, 0.2) is 0 Å². The molecule has 0 aromatic heterocycles. The minimum absolute atomic E-state index is 0.0417. The predicted molar refractivity (Wildman–Crippen MR) is 119 cm³/mol. The minimum Gasteiger partial charge on any atom is -0.350 e. The zero-order valence-corrected chi connectivity index (χ0v) is 18.1. The lowest BCUT2D eigenvalue weighted by Gasteiger charge is -2.34. The maximum absolute atomic E-state index is 13.2. The largest absolute Gasteiger partial charge is 0.350 e. The van der Waals surface area contributed by atoms with Crippen LogP contribution in [0.1, 0.15) is 23.6 Å². The quantitative estimate of drug-likeness (QED) is 0.643. The molecule has 1 saturated heterocycles. The molecule has 0 bridgehead atoms. The summed E-state index contributed by atoms with van der Waals surface area (Å²) < 4.78 is 13.2. The number of halogens is 1. The van der Waals surface area contributed by atoms with Crippen molar-refractivity contribution >= 4 is 11.8 Å². The third-order valence-corrected chi connectivity index (χ3v) is 5.53. The Morgan fingerprint density at radius 1 is 0.871 bits per heavy atom. The standard InChI is InChI=1S/C24H31FN4O2/c1-2-28-10-12-29(13-11-28)18-20-8-6-19(7-9-20)16-26-24(31)17-27-23(30)15-21-4-3-5-22(25)14-21/h3-9,14H,2,10-13,15-18H2,1H3,(H,26,31)(H,27,30). The number of benzene rings is 2. The first-order valence-corrected chi connectivity index (χ1v) is 10.8. The van der Waals surface area contributed by atoms with Crippen LogP contribution in [0, 0.1) is 5.82 Å². The van der Waals surface area contributed by atoms with E-state index in [1.165, 1.54) is 17.7 Å². The molecule has 2 aromatic rings. The average Bonchev–Trinajstić information content (AvgIpc) is 2.78. The Hall–Kier alpha value is -2.77. The van der Waals surface area contributed by atoms with Gasteiger partial charge in [-0.25, -0.2) is 4.39 Å². The molecule has 1 aliphatic rings. The average molecular weight is 427 g/mol. The highest BCUT2D eigenvalue weighted by Gasteiger charge is 2.15. The number of carbonyl (C=O) groups is 2. The van der Waals surface area contributed by atoms with Crippen LogP contribution in [-0.2, 0) is 29.1 Å². The van der Waals surface area contributed by atoms with E-state index in [0.717, 1.165) is 44.8 Å². The number of piperazine rings is 1. The third kappa shape index (κ3) is 7.77. The molecule has 7 heteroatoms. The van der Waals surface area contributed by atoms with Gasteiger partial charge < -0.3 is 15.5 Å². The fourth-order valence-electron chi connectivity index (χ4n) is 3.62. The van der Waals surface area contributed by atoms with Crippen LogP contribution in [0.4, 0.5) is 4.39 Å². The van der Waals surface area contributed by atoms with Crippen molar-refractivity contribution in [2.75, 3.05) is 39.3 Å². The molecular weight excluding hydrogens is 395 g/mol. The van der Waals surface area contributed by atoms with E-state index in [2.05, 4.69) is 39.5 Å². The predicted octanol–water partition coefficient (Wildman–Crippen LogP) is 1.94. The molecule has 6 nitrogen and oxygen atoms in total. The van der Waals surface area contributed by atoms with Crippen LogP contribution in [0.2, 0.25) is 0 Å². The van der Waals surface area contributed by atoms with E-state index in [1.54, 1.807) is 12.1 Å². The Bertz CT molecular complexity index is 864. The van der Waals surface area contributed by atoms with Gasteiger partial charge in [-0.1, -0.05) is 43.3 Å². The van der Waals surface area contributed by atoms with Crippen LogP contribution in [0.5, 0.6) is 0 Å². The van der Waals surface area contributed by atoms with Crippen molar-refractivity contribution in [3.63, 3.8) is 0 Å². The summed E-state index contributed by atoms with van der Waals surface area (Å²) in [4.78, 5) is 28.9. The van der Waals surface area contributed by atoms with Gasteiger partial charge in [0.2, 0.25) is 11.8 Å². The molecule has 0 spiro atoms. The van der Waals surface area contributed by atoms with Crippen LogP contribution in [0.25, 0.3) is 0 Å². The number of hydrogen-bond donors (Lipinski definition) is 2. The van der Waals surface area contributed by atoms with E-state index in [4.69, 9.17) is 0 Å². The van der Waals surface area contributed by atoms with Crippen molar-refractivity contribution < 1.29 is 14.0 Å². The van der Waals surface area contributed by atoms with E-state index in [1.807, 2.05) is 12.1 Å². The molecule has 0 atom stereocenters. The van der Waals surface area contributed by atoms with Gasteiger partial charge in [-0.15, -0.1) is 0 Å². The lowest BCUT2D eigenvalue weighted by Crippen LogP contribution is -2.45. The second-order valence-electron chi connectivity index (χ2n) is 7.89. The summed E-state index contributed by atoms with van der Waals surface area (Å²) in [5.41, 5.74) is 2.86. The number of amides is 2. The summed E-state index contributed by atoms with van der Waals surface area (Å²) in [5, 5.41) is 5.38. The number of likely N-dealkylation sites (N-methyl/N-ethyl adjacent to an activating group) is 1. The molecule has 31 heavy (non-hydrogen) atoms. The smallest absolute Gasteiger partial charge is 0.239 e. The number of nitrogens with one attached hydrogen (secondary N) is 2. The molecule has 0 aliphatic carbocycles. The fraction of sp³-hybridized carbons (Fsp3) is 0.417. The molecule has 0 saturated carbocycles. The van der Waals surface area contributed by atoms with Crippen LogP contribution in [0.3, 0.4) is 0 Å². The molecule has 1 heterocycles. The fourth-order valence-corrected chi connectivity index (χ4v) is 3.62. The molecule has 166 valence electrons. The molecule has 0 unspecified atom stereocenters. The molecule has 1 aliphatic heterocycles. The first kappa shape index (κ1) is 22.9. The first-order valence-electron chi connectivity index (χ1n) is 10.8. The summed E-state index contributed by atoms with van der Waals surface area (Å²) >= 11 is 0. The van der Waals surface area contributed by atoms with Gasteiger partial charge >= 0.3 is 0 Å². The van der Waals surface area contributed by atoms with Crippen molar-refractivity contribution in [1.29, 1.82) is 0 Å². The minimum atomic E-state index is -0.381. The molecule has 0 radical (unpaired) electrons. The summed E-state index contributed by atoms with van der Waals surface area (Å²) in [6.07, 6.45) is 0.0417. The van der Waals surface area contributed by atoms with Gasteiger partial charge in [-0.2, -0.15) is 0 Å². The maximum Gasteiger partial charge on any atom is 0.239 e. The van der Waals surface area contributed by atoms with Crippen LogP contribution in [-0.4, -0.2) is 60.9 Å². The monoisotopic (exact) mass is 426 g/mol. The normalized spacial score (nSPS) is 14.9. The Morgan fingerprint density at radius 3 is 2.23 bits per heavy atom. The number of rotatable bonds is 9. The van der Waals surface area contributed by atoms with Gasteiger partial charge in [-0.3, -0.25) is 14.5 Å². The van der Waals surface area contributed by atoms with Crippen LogP contribution >= 0.6 is 0 Å². The number of carbonyl (C=O) groups excluding carboxylic acids is 2. The Morgan fingerprint density at radius 2 is 1.55 bits per heavy atom. The maximum atomic E-state index is 13.2. The molecule has 2 aromatic carbocycles. The van der Waals surface area contributed by atoms with E-state index < -0.39 is 0 Å². The Labute approximate surface area is 183 Å². The number of nitrogens with zero attached hydrogens (tertiary/aromatic N) is 2. The van der Waals surface area contributed by atoms with Crippen molar-refractivity contribution in [2.24, 2.45) is 0 Å². The second kappa shape index (κ2) is 11.6. The summed E-state index contributed by atoms with van der Waals surface area (Å²) in [6.45, 7) is 9.01. The topological polar surface area (TPSA) is 64.7 Å². The van der Waals surface area contributed by atoms with Gasteiger partial charge in [0, 0.05) is 39.3 Å². The highest BCUT2D eigenvalue weighted by atomic mass is 19.1. The highest BCUT2D eigenvalue weighted by Crippen LogP contribution is 2.10. The lowest BCUT2D eigenvalue weighted by molar-refractivity contribution is -0.125. The van der Waals surface area contributed by atoms with E-state index in [0.29, 0.717) is 12.1 Å². The van der Waals surface area contributed by atoms with Gasteiger partial charge in [-0.05, 0) is 35.4 Å². The SMILES string of the molecule is CCN1CCN(Cc2ccc(CNC(=O)CNC(=O)Cc3cccc(F)c3)cc2)CC1. The Balaban J connectivity index is 1.35. The first-order chi connectivity index (χ1) is 15.0. The van der Waals surface area contributed by atoms with Crippen LogP contribution in [0.15, 0.2) is 48.5 Å². The molecule has 1 fully saturated rings. The third-order valence-electron chi connectivity index (χ3n) is 5.53. The van der Waals surface area contributed by atoms with E-state index in [-0.39, 0.29) is 30.6 Å². The second-order valence-corrected chi connectivity index (χ2v) is 7.89. The molecule has 2 amide bonds. The van der Waals surface area contributed by atoms with Gasteiger partial charge in [0.25, 0.3) is 0 Å². The molecule has 2 N–H and O–H groups in total. The zero-order chi connectivity index (χ0) is 22.1. The van der Waals surface area contributed by atoms with Gasteiger partial charge in [0.05, 0.1) is 13.0 Å². The van der Waals surface area contributed by atoms with Crippen LogP contribution < -0.4 is 10.6 Å². The van der Waals surface area contributed by atoms with Crippen molar-refractivity contribution in [3.8, 4) is 0 Å². The lowest BCUT2D eigenvalue weighted by atomic mass is 10.1. The van der Waals surface area contributed by atoms with Crippen molar-refractivity contribution in [1.82, 2.24) is 20.4 Å². The van der Waals surface area contributed by atoms with Crippen molar-refractivity contribution in [2.45, 2.75) is 26.4 Å². The summed E-state index contributed by atoms with van der Waals surface area (Å²) in [7, 11) is 0. The zero-order valence-electron chi connectivity index (χ0n) is 18.1. The Kier molecular flexibility index (Phi) is 8.55. The summed E-state index contributed by atoms with van der Waals surface area (Å²) in [6, 6.07) is 14.1. The van der Waals surface area contributed by atoms with Crippen molar-refractivity contribution in [3.05, 3.63) is 71.0 Å². The summed E-state index contributed by atoms with van der Waals surface area (Å²) in [5.74, 6) is -0.955. The highest BCUT2D eigenvalue weighted by molar-refractivity contribution is 5.85. The van der Waals surface area contributed by atoms with E-state index in [9.17, 15) is 14.0 Å². The molecular formula is C24H31FN4O2. The van der Waals surface area contributed by atoms with Gasteiger partial charge in [0.1, 0.15) is 5.82 Å². The molecule has 3 rings (SSSR count). The van der Waals surface area contributed by atoms with E-state index >= 15 is 0 Å².